The van der Waals surface area contributed by atoms with E-state index < -0.39 is 0 Å². The molecule has 0 bridgehead atoms. The van der Waals surface area contributed by atoms with Gasteiger partial charge in [-0.25, -0.2) is 0 Å². The molecule has 0 aromatic rings. The van der Waals surface area contributed by atoms with E-state index in [2.05, 4.69) is 33.5 Å². The van der Waals surface area contributed by atoms with Gasteiger partial charge in [0.1, 0.15) is 0 Å². The lowest BCUT2D eigenvalue weighted by Crippen LogP contribution is -1.95. The first-order valence-corrected chi connectivity index (χ1v) is 5.97. The van der Waals surface area contributed by atoms with E-state index >= 15 is 0 Å². The zero-order valence-corrected chi connectivity index (χ0v) is 11.7. The van der Waals surface area contributed by atoms with Crippen molar-refractivity contribution in [2.75, 3.05) is 0 Å². The van der Waals surface area contributed by atoms with Gasteiger partial charge < -0.3 is 0 Å². The average Bonchev–Trinajstić information content (AvgIpc) is 2.30. The maximum atomic E-state index is 8.53. The smallest absolute Gasteiger partial charge is 0.0625 e. The van der Waals surface area contributed by atoms with Gasteiger partial charge in [0.05, 0.1) is 18.2 Å². The minimum Gasteiger partial charge on any atom is -0.198 e. The number of halogens is 1. The Hall–Kier alpha value is -1.07. The summed E-state index contributed by atoms with van der Waals surface area (Å²) >= 11 is 0. The molecule has 0 spiro atoms. The van der Waals surface area contributed by atoms with Crippen molar-refractivity contribution < 1.29 is 0 Å². The summed E-state index contributed by atoms with van der Waals surface area (Å²) < 4.78 is 0. The fourth-order valence-electron chi connectivity index (χ4n) is 1.34. The zero-order valence-electron chi connectivity index (χ0n) is 9.72. The lowest BCUT2D eigenvalue weighted by atomic mass is 10.0. The van der Waals surface area contributed by atoms with Crippen LogP contribution in [0.4, 0.5) is 0 Å². The molecule has 0 aliphatic heterocycles. The van der Waals surface area contributed by atoms with E-state index in [-0.39, 0.29) is 18.1 Å². The molecule has 0 N–H and O–H groups in total. The highest BCUT2D eigenvalue weighted by Crippen LogP contribution is 2.18. The van der Waals surface area contributed by atoms with Gasteiger partial charge in [-0.3, -0.25) is 0 Å². The van der Waals surface area contributed by atoms with Crippen molar-refractivity contribution in [1.29, 1.82) is 15.8 Å². The van der Waals surface area contributed by atoms with Gasteiger partial charge in [0.2, 0.25) is 0 Å². The molecule has 0 heterocycles. The molecule has 5 heteroatoms. The molecule has 0 fully saturated rings. The van der Waals surface area contributed by atoms with Gasteiger partial charge in [0.25, 0.3) is 0 Å². The number of nitrogens with zero attached hydrogens (tertiary/aromatic N) is 3. The quantitative estimate of drug-likeness (QED) is 0.525. The Kier molecular flexibility index (Phi) is 14.0. The Bertz CT molecular complexity index is 326. The molecule has 0 aromatic heterocycles. The maximum Gasteiger partial charge on any atom is 0.0625 e. The Labute approximate surface area is 112 Å². The maximum absolute atomic E-state index is 8.53. The van der Waals surface area contributed by atoms with Gasteiger partial charge in [-0.05, 0) is 24.9 Å². The van der Waals surface area contributed by atoms with Gasteiger partial charge in [0.15, 0.2) is 0 Å². The molecular formula is C12H17ClN3P. The molecule has 17 heavy (non-hydrogen) atoms. The van der Waals surface area contributed by atoms with E-state index in [0.29, 0.717) is 19.3 Å². The molecule has 0 rings (SSSR count). The van der Waals surface area contributed by atoms with Crippen molar-refractivity contribution in [3.8, 4) is 18.2 Å². The summed E-state index contributed by atoms with van der Waals surface area (Å²) in [4.78, 5) is 0. The Balaban J connectivity index is 0. The molecule has 0 saturated heterocycles. The van der Waals surface area contributed by atoms with Crippen LogP contribution in [0.15, 0.2) is 11.6 Å². The first-order chi connectivity index (χ1) is 7.74. The van der Waals surface area contributed by atoms with Crippen molar-refractivity contribution in [3.63, 3.8) is 0 Å². The Morgan fingerprint density at radius 1 is 1.00 bits per heavy atom. The predicted octanol–water partition coefficient (Wildman–Crippen LogP) is 3.49. The summed E-state index contributed by atoms with van der Waals surface area (Å²) in [7, 11) is 2.69. The van der Waals surface area contributed by atoms with Gasteiger partial charge in [-0.15, -0.1) is 21.6 Å². The average molecular weight is 270 g/mol. The van der Waals surface area contributed by atoms with Crippen molar-refractivity contribution in [1.82, 2.24) is 0 Å². The van der Waals surface area contributed by atoms with Crippen LogP contribution >= 0.6 is 21.6 Å². The van der Waals surface area contributed by atoms with Crippen molar-refractivity contribution in [2.45, 2.75) is 44.2 Å². The predicted molar refractivity (Wildman–Crippen MR) is 73.4 cm³/mol. The molecule has 0 aliphatic carbocycles. The molecular weight excluding hydrogens is 253 g/mol. The highest BCUT2D eigenvalue weighted by Gasteiger charge is 2.02. The van der Waals surface area contributed by atoms with Crippen LogP contribution in [0.2, 0.25) is 0 Å². The molecule has 3 nitrogen and oxygen atoms in total. The fourth-order valence-corrected chi connectivity index (χ4v) is 1.78. The molecule has 92 valence electrons. The van der Waals surface area contributed by atoms with E-state index in [9.17, 15) is 0 Å². The van der Waals surface area contributed by atoms with Gasteiger partial charge >= 0.3 is 0 Å². The third-order valence-corrected chi connectivity index (χ3v) is 2.68. The topological polar surface area (TPSA) is 71.4 Å². The number of hydrogen-bond donors (Lipinski definition) is 0. The second kappa shape index (κ2) is 13.0. The molecule has 0 aliphatic rings. The lowest BCUT2D eigenvalue weighted by molar-refractivity contribution is 0.833. The Morgan fingerprint density at radius 2 is 1.47 bits per heavy atom. The minimum atomic E-state index is 0. The van der Waals surface area contributed by atoms with Crippen LogP contribution in [-0.4, -0.2) is 5.66 Å². The SMILES string of the molecule is Cl.N#CCCC(=CC(P)CCC#N)CCC#N. The standard InChI is InChI=1S/C12H16N3P.ClH/c13-7-1-4-11(5-2-8-14)10-12(16)6-3-9-15;/h10,12H,1-6,16H2;1H. The highest BCUT2D eigenvalue weighted by molar-refractivity contribution is 7.17. The van der Waals surface area contributed by atoms with Crippen LogP contribution in [0.25, 0.3) is 0 Å². The highest BCUT2D eigenvalue weighted by atomic mass is 35.5. The number of allylic oxidation sites excluding steroid dienone is 2. The van der Waals surface area contributed by atoms with E-state index in [0.717, 1.165) is 24.8 Å². The third-order valence-electron chi connectivity index (χ3n) is 2.16. The summed E-state index contributed by atoms with van der Waals surface area (Å²) in [6.45, 7) is 0. The minimum absolute atomic E-state index is 0. The summed E-state index contributed by atoms with van der Waals surface area (Å²) in [5.41, 5.74) is 1.42. The van der Waals surface area contributed by atoms with Crippen molar-refractivity contribution >= 4 is 21.6 Å². The first-order valence-electron chi connectivity index (χ1n) is 5.30. The third kappa shape index (κ3) is 11.2. The van der Waals surface area contributed by atoms with Crippen molar-refractivity contribution in [2.24, 2.45) is 0 Å². The molecule has 0 radical (unpaired) electrons. The van der Waals surface area contributed by atoms with Crippen molar-refractivity contribution in [3.05, 3.63) is 11.6 Å². The van der Waals surface area contributed by atoms with E-state index in [4.69, 9.17) is 15.8 Å². The van der Waals surface area contributed by atoms with Crippen LogP contribution in [-0.2, 0) is 0 Å². The Morgan fingerprint density at radius 3 is 1.88 bits per heavy atom. The summed E-state index contributed by atoms with van der Waals surface area (Å²) in [5, 5.41) is 25.5. The van der Waals surface area contributed by atoms with E-state index in [1.54, 1.807) is 0 Å². The second-order valence-corrected chi connectivity index (χ2v) is 4.36. The largest absolute Gasteiger partial charge is 0.198 e. The van der Waals surface area contributed by atoms with Gasteiger partial charge in [0, 0.05) is 19.3 Å². The van der Waals surface area contributed by atoms with Crippen LogP contribution in [0, 0.1) is 34.0 Å². The number of rotatable bonds is 7. The molecule has 0 saturated carbocycles. The van der Waals surface area contributed by atoms with Crippen LogP contribution in [0.3, 0.4) is 0 Å². The molecule has 2 atom stereocenters. The monoisotopic (exact) mass is 269 g/mol. The number of hydrogen-bond acceptors (Lipinski definition) is 3. The fraction of sp³-hybridized carbons (Fsp3) is 0.583. The van der Waals surface area contributed by atoms with Crippen LogP contribution in [0.1, 0.15) is 38.5 Å². The first kappa shape index (κ1) is 18.3. The molecule has 0 amide bonds. The normalized spacial score (nSPS) is 10.0. The lowest BCUT2D eigenvalue weighted by Gasteiger charge is -2.07. The summed E-state index contributed by atoms with van der Waals surface area (Å²) in [6.07, 6.45) is 5.87. The molecule has 0 aromatic carbocycles. The summed E-state index contributed by atoms with van der Waals surface area (Å²) in [5.74, 6) is 0. The van der Waals surface area contributed by atoms with Gasteiger partial charge in [-0.2, -0.15) is 15.8 Å². The zero-order chi connectivity index (χ0) is 12.2. The van der Waals surface area contributed by atoms with Gasteiger partial charge in [-0.1, -0.05) is 11.6 Å². The van der Waals surface area contributed by atoms with Crippen LogP contribution < -0.4 is 0 Å². The van der Waals surface area contributed by atoms with E-state index in [1.807, 2.05) is 0 Å². The number of nitriles is 3. The second-order valence-electron chi connectivity index (χ2n) is 3.50. The van der Waals surface area contributed by atoms with E-state index in [1.165, 1.54) is 0 Å². The molecule has 2 unspecified atom stereocenters. The summed E-state index contributed by atoms with van der Waals surface area (Å²) in [6, 6.07) is 6.33. The van der Waals surface area contributed by atoms with Crippen LogP contribution in [0.5, 0.6) is 0 Å².